The summed E-state index contributed by atoms with van der Waals surface area (Å²) >= 11 is 0. The van der Waals surface area contributed by atoms with Crippen molar-refractivity contribution >= 4 is 0 Å². The van der Waals surface area contributed by atoms with Crippen LogP contribution in [0.5, 0.6) is 0 Å². The number of nitrogens with one attached hydrogen (secondary N) is 1. The summed E-state index contributed by atoms with van der Waals surface area (Å²) in [7, 11) is 1.70. The fourth-order valence-electron chi connectivity index (χ4n) is 1.64. The number of hydrogen-bond acceptors (Lipinski definition) is 2. The van der Waals surface area contributed by atoms with E-state index in [1.165, 1.54) is 11.6 Å². The Kier molecular flexibility index (Phi) is 6.04. The Labute approximate surface area is 96.8 Å². The molecule has 0 atom stereocenters. The predicted molar refractivity (Wildman–Crippen MR) is 64.2 cm³/mol. The molecule has 1 aromatic rings. The van der Waals surface area contributed by atoms with Gasteiger partial charge in [-0.15, -0.1) is 0 Å². The number of halogens is 1. The first kappa shape index (κ1) is 13.1. The molecule has 90 valence electrons. The molecule has 1 N–H and O–H groups in total. The van der Waals surface area contributed by atoms with Crippen LogP contribution in [0.2, 0.25) is 0 Å². The largest absolute Gasteiger partial charge is 0.383 e. The van der Waals surface area contributed by atoms with Gasteiger partial charge in [-0.3, -0.25) is 0 Å². The lowest BCUT2D eigenvalue weighted by atomic mass is 10.0. The molecule has 0 aromatic heterocycles. The Morgan fingerprint density at radius 2 is 2.12 bits per heavy atom. The van der Waals surface area contributed by atoms with Gasteiger partial charge in [-0.2, -0.15) is 0 Å². The van der Waals surface area contributed by atoms with Crippen molar-refractivity contribution in [3.63, 3.8) is 0 Å². The first-order valence-corrected chi connectivity index (χ1v) is 5.68. The van der Waals surface area contributed by atoms with E-state index in [0.29, 0.717) is 0 Å². The van der Waals surface area contributed by atoms with E-state index in [1.807, 2.05) is 13.0 Å². The molecule has 0 bridgehead atoms. The lowest BCUT2D eigenvalue weighted by molar-refractivity contribution is 0.199. The molecule has 0 saturated heterocycles. The van der Waals surface area contributed by atoms with Crippen LogP contribution in [0, 0.1) is 12.7 Å². The summed E-state index contributed by atoms with van der Waals surface area (Å²) in [4.78, 5) is 0. The minimum atomic E-state index is -0.153. The van der Waals surface area contributed by atoms with Crippen LogP contribution in [0.25, 0.3) is 0 Å². The molecule has 2 nitrogen and oxygen atoms in total. The number of ether oxygens (including phenoxy) is 1. The topological polar surface area (TPSA) is 21.3 Å². The molecule has 0 spiro atoms. The van der Waals surface area contributed by atoms with Crippen molar-refractivity contribution in [2.75, 3.05) is 26.8 Å². The summed E-state index contributed by atoms with van der Waals surface area (Å²) in [5.74, 6) is -0.153. The fraction of sp³-hybridized carbons (Fsp3) is 0.538. The first-order chi connectivity index (χ1) is 7.74. The van der Waals surface area contributed by atoms with Gasteiger partial charge in [-0.1, -0.05) is 6.07 Å². The van der Waals surface area contributed by atoms with E-state index in [-0.39, 0.29) is 5.82 Å². The highest BCUT2D eigenvalue weighted by molar-refractivity contribution is 5.26. The Hall–Kier alpha value is -0.930. The van der Waals surface area contributed by atoms with Crippen molar-refractivity contribution in [2.24, 2.45) is 0 Å². The molecule has 0 amide bonds. The number of methoxy groups -OCH3 is 1. The summed E-state index contributed by atoms with van der Waals surface area (Å²) < 4.78 is 17.8. The zero-order valence-corrected chi connectivity index (χ0v) is 10.1. The molecular formula is C13H20FNO. The van der Waals surface area contributed by atoms with Crippen molar-refractivity contribution in [2.45, 2.75) is 19.8 Å². The van der Waals surface area contributed by atoms with Crippen LogP contribution in [-0.4, -0.2) is 26.8 Å². The Bertz CT molecular complexity index is 315. The van der Waals surface area contributed by atoms with Crippen LogP contribution in [0.3, 0.4) is 0 Å². The summed E-state index contributed by atoms with van der Waals surface area (Å²) in [6, 6.07) is 4.99. The Morgan fingerprint density at radius 3 is 2.81 bits per heavy atom. The molecule has 3 heteroatoms. The van der Waals surface area contributed by atoms with E-state index in [9.17, 15) is 4.39 Å². The van der Waals surface area contributed by atoms with E-state index >= 15 is 0 Å². The number of benzene rings is 1. The molecular weight excluding hydrogens is 205 g/mol. The third-order valence-electron chi connectivity index (χ3n) is 2.59. The van der Waals surface area contributed by atoms with Gasteiger partial charge in [-0.25, -0.2) is 4.39 Å². The normalized spacial score (nSPS) is 10.7. The third-order valence-corrected chi connectivity index (χ3v) is 2.59. The highest BCUT2D eigenvalue weighted by atomic mass is 19.1. The molecule has 1 rings (SSSR count). The average Bonchev–Trinajstić information content (AvgIpc) is 2.26. The molecule has 0 aliphatic rings. The van der Waals surface area contributed by atoms with Crippen LogP contribution in [0.15, 0.2) is 18.2 Å². The number of aryl methyl sites for hydroxylation is 2. The first-order valence-electron chi connectivity index (χ1n) is 5.68. The lowest BCUT2D eigenvalue weighted by Crippen LogP contribution is -2.20. The molecule has 0 fully saturated rings. The van der Waals surface area contributed by atoms with Crippen molar-refractivity contribution in [3.8, 4) is 0 Å². The highest BCUT2D eigenvalue weighted by Gasteiger charge is 1.99. The maximum atomic E-state index is 12.8. The zero-order valence-electron chi connectivity index (χ0n) is 10.1. The predicted octanol–water partition coefficient (Wildman–Crippen LogP) is 2.30. The maximum Gasteiger partial charge on any atom is 0.123 e. The average molecular weight is 225 g/mol. The van der Waals surface area contributed by atoms with Gasteiger partial charge < -0.3 is 10.1 Å². The lowest BCUT2D eigenvalue weighted by Gasteiger charge is -2.06. The van der Waals surface area contributed by atoms with Crippen molar-refractivity contribution in [1.82, 2.24) is 5.32 Å². The van der Waals surface area contributed by atoms with Gasteiger partial charge in [0.15, 0.2) is 0 Å². The van der Waals surface area contributed by atoms with Crippen molar-refractivity contribution in [3.05, 3.63) is 35.1 Å². The fourth-order valence-corrected chi connectivity index (χ4v) is 1.64. The highest BCUT2D eigenvalue weighted by Crippen LogP contribution is 2.11. The summed E-state index contributed by atoms with van der Waals surface area (Å²) in [6.45, 7) is 4.56. The summed E-state index contributed by atoms with van der Waals surface area (Å²) in [5.41, 5.74) is 2.27. The summed E-state index contributed by atoms with van der Waals surface area (Å²) in [6.07, 6.45) is 2.06. The molecule has 0 aliphatic carbocycles. The zero-order chi connectivity index (χ0) is 11.8. The van der Waals surface area contributed by atoms with Crippen LogP contribution in [0.1, 0.15) is 17.5 Å². The number of hydrogen-bond donors (Lipinski definition) is 1. The van der Waals surface area contributed by atoms with E-state index in [1.54, 1.807) is 13.2 Å². The van der Waals surface area contributed by atoms with Crippen LogP contribution in [0.4, 0.5) is 4.39 Å². The van der Waals surface area contributed by atoms with E-state index < -0.39 is 0 Å². The minimum Gasteiger partial charge on any atom is -0.383 e. The third kappa shape index (κ3) is 4.73. The van der Waals surface area contributed by atoms with E-state index in [4.69, 9.17) is 4.74 Å². The molecule has 0 aliphatic heterocycles. The number of rotatable bonds is 7. The smallest absolute Gasteiger partial charge is 0.123 e. The van der Waals surface area contributed by atoms with Crippen LogP contribution in [-0.2, 0) is 11.2 Å². The molecule has 0 radical (unpaired) electrons. The SMILES string of the molecule is COCCNCCCc1ccc(F)cc1C. The monoisotopic (exact) mass is 225 g/mol. The van der Waals surface area contributed by atoms with Crippen LogP contribution < -0.4 is 5.32 Å². The second kappa shape index (κ2) is 7.36. The maximum absolute atomic E-state index is 12.8. The second-order valence-corrected chi connectivity index (χ2v) is 3.92. The Morgan fingerprint density at radius 1 is 1.31 bits per heavy atom. The van der Waals surface area contributed by atoms with E-state index in [2.05, 4.69) is 5.32 Å². The Balaban J connectivity index is 2.21. The minimum absolute atomic E-state index is 0.153. The molecule has 0 saturated carbocycles. The van der Waals surface area contributed by atoms with Gasteiger partial charge in [0.05, 0.1) is 6.61 Å². The molecule has 0 unspecified atom stereocenters. The van der Waals surface area contributed by atoms with Crippen LogP contribution >= 0.6 is 0 Å². The van der Waals surface area contributed by atoms with Gasteiger partial charge in [0.25, 0.3) is 0 Å². The van der Waals surface area contributed by atoms with Gasteiger partial charge in [0, 0.05) is 13.7 Å². The van der Waals surface area contributed by atoms with Gasteiger partial charge >= 0.3 is 0 Å². The summed E-state index contributed by atoms with van der Waals surface area (Å²) in [5, 5.41) is 3.29. The van der Waals surface area contributed by atoms with E-state index in [0.717, 1.165) is 38.1 Å². The van der Waals surface area contributed by atoms with Gasteiger partial charge in [0.1, 0.15) is 5.82 Å². The van der Waals surface area contributed by atoms with Crippen molar-refractivity contribution in [1.29, 1.82) is 0 Å². The van der Waals surface area contributed by atoms with Gasteiger partial charge in [-0.05, 0) is 49.6 Å². The quantitative estimate of drug-likeness (QED) is 0.719. The van der Waals surface area contributed by atoms with Gasteiger partial charge in [0.2, 0.25) is 0 Å². The standard InChI is InChI=1S/C13H20FNO/c1-11-10-13(14)6-5-12(11)4-3-7-15-8-9-16-2/h5-6,10,15H,3-4,7-9H2,1-2H3. The van der Waals surface area contributed by atoms with Crippen molar-refractivity contribution < 1.29 is 9.13 Å². The second-order valence-electron chi connectivity index (χ2n) is 3.92. The molecule has 1 aromatic carbocycles. The molecule has 16 heavy (non-hydrogen) atoms. The molecule has 0 heterocycles.